The molecule has 0 N–H and O–H groups in total. The maximum atomic E-state index is 12.8. The Morgan fingerprint density at radius 1 is 1.18 bits per heavy atom. The predicted molar refractivity (Wildman–Crippen MR) is 104 cm³/mol. The van der Waals surface area contributed by atoms with Crippen LogP contribution in [0.5, 0.6) is 0 Å². The summed E-state index contributed by atoms with van der Waals surface area (Å²) in [4.78, 5) is 31.1. The second-order valence-corrected chi connectivity index (χ2v) is 7.46. The van der Waals surface area contributed by atoms with Gasteiger partial charge in [0.2, 0.25) is 5.91 Å². The topological polar surface area (TPSA) is 85.4 Å². The van der Waals surface area contributed by atoms with Gasteiger partial charge in [0.15, 0.2) is 5.65 Å². The van der Waals surface area contributed by atoms with Crippen LogP contribution in [0.4, 0.5) is 0 Å². The minimum absolute atomic E-state index is 0.0851. The molecule has 1 aliphatic heterocycles. The molecule has 0 radical (unpaired) electrons. The number of aromatic nitrogens is 5. The van der Waals surface area contributed by atoms with Gasteiger partial charge in [-0.05, 0) is 32.8 Å². The maximum absolute atomic E-state index is 12.8. The van der Waals surface area contributed by atoms with Gasteiger partial charge in [-0.15, -0.1) is 0 Å². The molecule has 3 aromatic heterocycles. The van der Waals surface area contributed by atoms with Crippen LogP contribution in [-0.2, 0) is 31.2 Å². The number of hydrogen-bond acceptors (Lipinski definition) is 5. The van der Waals surface area contributed by atoms with Crippen LogP contribution in [0.15, 0.2) is 16.9 Å². The fraction of sp³-hybridized carbons (Fsp3) is 0.450. The lowest BCUT2D eigenvalue weighted by Gasteiger charge is -2.28. The Morgan fingerprint density at radius 2 is 1.96 bits per heavy atom. The third-order valence-electron chi connectivity index (χ3n) is 5.47. The number of aryl methyl sites for hydroxylation is 4. The van der Waals surface area contributed by atoms with Crippen LogP contribution in [0.1, 0.15) is 40.3 Å². The highest BCUT2D eigenvalue weighted by Gasteiger charge is 2.23. The third-order valence-corrected chi connectivity index (χ3v) is 5.47. The Bertz CT molecular complexity index is 1140. The third kappa shape index (κ3) is 3.19. The van der Waals surface area contributed by atoms with Crippen LogP contribution in [0.2, 0.25) is 0 Å². The lowest BCUT2D eigenvalue weighted by Crippen LogP contribution is -2.38. The monoisotopic (exact) mass is 380 g/mol. The molecule has 0 saturated heterocycles. The zero-order chi connectivity index (χ0) is 20.0. The number of amides is 1. The van der Waals surface area contributed by atoms with Gasteiger partial charge in [-0.1, -0.05) is 0 Å². The Labute approximate surface area is 162 Å². The van der Waals surface area contributed by atoms with Gasteiger partial charge in [0.1, 0.15) is 0 Å². The van der Waals surface area contributed by atoms with Crippen molar-refractivity contribution in [3.05, 3.63) is 56.4 Å². The molecule has 0 atom stereocenters. The zero-order valence-electron chi connectivity index (χ0n) is 16.7. The molecule has 8 heteroatoms. The molecule has 1 aliphatic rings. The number of fused-ring (bicyclic) bond motifs is 2. The van der Waals surface area contributed by atoms with E-state index in [1.54, 1.807) is 13.1 Å². The van der Waals surface area contributed by atoms with Crippen molar-refractivity contribution in [2.45, 2.75) is 46.6 Å². The van der Waals surface area contributed by atoms with E-state index in [0.717, 1.165) is 39.5 Å². The highest BCUT2D eigenvalue weighted by molar-refractivity contribution is 5.76. The smallest absolute Gasteiger partial charge is 0.266 e. The first-order valence-electron chi connectivity index (χ1n) is 9.50. The van der Waals surface area contributed by atoms with E-state index in [2.05, 4.69) is 15.2 Å². The average molecular weight is 380 g/mol. The number of carbonyl (C=O) groups is 1. The summed E-state index contributed by atoms with van der Waals surface area (Å²) in [5.41, 5.74) is 6.41. The van der Waals surface area contributed by atoms with E-state index >= 15 is 0 Å². The van der Waals surface area contributed by atoms with Crippen LogP contribution in [0.3, 0.4) is 0 Å². The van der Waals surface area contributed by atoms with Crippen LogP contribution in [0.25, 0.3) is 5.65 Å². The number of rotatable bonds is 3. The van der Waals surface area contributed by atoms with Crippen molar-refractivity contribution in [1.82, 2.24) is 29.3 Å². The quantitative estimate of drug-likeness (QED) is 0.683. The largest absolute Gasteiger partial charge is 0.338 e. The molecule has 0 fully saturated rings. The Balaban J connectivity index is 1.50. The zero-order valence-corrected chi connectivity index (χ0v) is 16.7. The van der Waals surface area contributed by atoms with E-state index in [9.17, 15) is 9.59 Å². The van der Waals surface area contributed by atoms with Crippen molar-refractivity contribution in [3.63, 3.8) is 0 Å². The van der Waals surface area contributed by atoms with E-state index in [0.29, 0.717) is 32.4 Å². The van der Waals surface area contributed by atoms with Crippen molar-refractivity contribution in [3.8, 4) is 0 Å². The summed E-state index contributed by atoms with van der Waals surface area (Å²) in [6.07, 6.45) is 1.70. The van der Waals surface area contributed by atoms with Crippen LogP contribution < -0.4 is 5.56 Å². The summed E-state index contributed by atoms with van der Waals surface area (Å²) >= 11 is 0. The molecule has 0 spiro atoms. The van der Waals surface area contributed by atoms with Gasteiger partial charge in [0.05, 0.1) is 11.4 Å². The van der Waals surface area contributed by atoms with Gasteiger partial charge in [0.25, 0.3) is 5.56 Å². The SMILES string of the molecule is Cc1cc2nc(C)c(CCC(=O)N3CCc4nn(C)c(=O)cc4C3)c(C)n2n1. The minimum Gasteiger partial charge on any atom is -0.338 e. The fourth-order valence-corrected chi connectivity index (χ4v) is 3.90. The fourth-order valence-electron chi connectivity index (χ4n) is 3.90. The summed E-state index contributed by atoms with van der Waals surface area (Å²) in [7, 11) is 1.65. The van der Waals surface area contributed by atoms with Crippen LogP contribution in [-0.4, -0.2) is 41.7 Å². The predicted octanol–water partition coefficient (Wildman–Crippen LogP) is 1.27. The highest BCUT2D eigenvalue weighted by atomic mass is 16.2. The van der Waals surface area contributed by atoms with Gasteiger partial charge in [-0.2, -0.15) is 10.2 Å². The van der Waals surface area contributed by atoms with Gasteiger partial charge < -0.3 is 4.90 Å². The molecule has 0 unspecified atom stereocenters. The molecule has 3 aromatic rings. The van der Waals surface area contributed by atoms with Gasteiger partial charge in [-0.25, -0.2) is 14.2 Å². The normalized spacial score (nSPS) is 13.8. The second-order valence-electron chi connectivity index (χ2n) is 7.46. The van der Waals surface area contributed by atoms with Crippen LogP contribution in [0, 0.1) is 20.8 Å². The standard InChI is InChI=1S/C20H24N6O2/c1-12-9-18-21-13(2)16(14(3)26(18)22-12)5-6-19(27)25-8-7-17-15(11-25)10-20(28)24(4)23-17/h9-10H,5-8,11H2,1-4H3. The van der Waals surface area contributed by atoms with E-state index in [1.165, 1.54) is 4.68 Å². The number of hydrogen-bond donors (Lipinski definition) is 0. The summed E-state index contributed by atoms with van der Waals surface area (Å²) in [6.45, 7) is 7.03. The highest BCUT2D eigenvalue weighted by Crippen LogP contribution is 2.20. The van der Waals surface area contributed by atoms with Gasteiger partial charge in [0, 0.05) is 62.1 Å². The molecule has 146 valence electrons. The lowest BCUT2D eigenvalue weighted by molar-refractivity contribution is -0.132. The molecular weight excluding hydrogens is 356 g/mol. The molecule has 1 amide bonds. The summed E-state index contributed by atoms with van der Waals surface area (Å²) in [5, 5.41) is 8.80. The maximum Gasteiger partial charge on any atom is 0.266 e. The summed E-state index contributed by atoms with van der Waals surface area (Å²) in [6, 6.07) is 3.55. The molecule has 0 aromatic carbocycles. The molecule has 28 heavy (non-hydrogen) atoms. The molecule has 4 rings (SSSR count). The first-order valence-corrected chi connectivity index (χ1v) is 9.50. The van der Waals surface area contributed by atoms with Crippen molar-refractivity contribution in [2.24, 2.45) is 7.05 Å². The Kier molecular flexibility index (Phi) is 4.49. The average Bonchev–Trinajstić information content (AvgIpc) is 3.02. The first kappa shape index (κ1) is 18.3. The molecular formula is C20H24N6O2. The number of nitrogens with zero attached hydrogens (tertiary/aromatic N) is 6. The van der Waals surface area contributed by atoms with Gasteiger partial charge in [-0.3, -0.25) is 9.59 Å². The molecule has 4 heterocycles. The van der Waals surface area contributed by atoms with Crippen molar-refractivity contribution < 1.29 is 4.79 Å². The molecule has 8 nitrogen and oxygen atoms in total. The first-order chi connectivity index (χ1) is 13.3. The molecule has 0 bridgehead atoms. The molecule has 0 aliphatic carbocycles. The van der Waals surface area contributed by atoms with E-state index < -0.39 is 0 Å². The molecule has 0 saturated carbocycles. The summed E-state index contributed by atoms with van der Waals surface area (Å²) < 4.78 is 3.20. The van der Waals surface area contributed by atoms with Crippen molar-refractivity contribution >= 4 is 11.6 Å². The van der Waals surface area contributed by atoms with E-state index in [1.807, 2.05) is 36.3 Å². The lowest BCUT2D eigenvalue weighted by atomic mass is 10.0. The second kappa shape index (κ2) is 6.85. The Hall–Kier alpha value is -3.03. The van der Waals surface area contributed by atoms with E-state index in [4.69, 9.17) is 0 Å². The van der Waals surface area contributed by atoms with E-state index in [-0.39, 0.29) is 11.5 Å². The summed E-state index contributed by atoms with van der Waals surface area (Å²) in [5.74, 6) is 0.0851. The van der Waals surface area contributed by atoms with Gasteiger partial charge >= 0.3 is 0 Å². The Morgan fingerprint density at radius 3 is 2.75 bits per heavy atom. The number of carbonyl (C=O) groups excluding carboxylic acids is 1. The van der Waals surface area contributed by atoms with Crippen molar-refractivity contribution in [1.29, 1.82) is 0 Å². The minimum atomic E-state index is -0.145. The van der Waals surface area contributed by atoms with Crippen LogP contribution >= 0.6 is 0 Å². The van der Waals surface area contributed by atoms with Crippen molar-refractivity contribution in [2.75, 3.05) is 6.54 Å².